The first-order valence-corrected chi connectivity index (χ1v) is 8.74. The summed E-state index contributed by atoms with van der Waals surface area (Å²) in [7, 11) is 0. The molecule has 0 radical (unpaired) electrons. The minimum atomic E-state index is -2.46. The lowest BCUT2D eigenvalue weighted by atomic mass is 9.87. The van der Waals surface area contributed by atoms with Crippen molar-refractivity contribution in [3.63, 3.8) is 0 Å². The Kier molecular flexibility index (Phi) is 6.63. The molecular weight excluding hydrogens is 352 g/mol. The molecule has 1 N–H and O–H groups in total. The van der Waals surface area contributed by atoms with Crippen LogP contribution in [-0.2, 0) is 4.79 Å². The number of rotatable bonds is 6. The highest BCUT2D eigenvalue weighted by atomic mass is 35.5. The molecule has 0 aromatic heterocycles. The molecule has 0 spiro atoms. The van der Waals surface area contributed by atoms with Gasteiger partial charge in [-0.1, -0.05) is 49.3 Å². The molecule has 0 bridgehead atoms. The van der Waals surface area contributed by atoms with E-state index in [2.05, 4.69) is 5.32 Å². The van der Waals surface area contributed by atoms with Gasteiger partial charge in [0.05, 0.1) is 5.92 Å². The lowest BCUT2D eigenvalue weighted by molar-refractivity contribution is -0.118. The topological polar surface area (TPSA) is 29.1 Å². The second-order valence-electron chi connectivity index (χ2n) is 5.67. The Morgan fingerprint density at radius 2 is 1.62 bits per heavy atom. The second kappa shape index (κ2) is 8.49. The Bertz CT molecular complexity index is 674. The van der Waals surface area contributed by atoms with E-state index in [1.165, 1.54) is 0 Å². The summed E-state index contributed by atoms with van der Waals surface area (Å²) < 4.78 is 24.7. The van der Waals surface area contributed by atoms with Crippen molar-refractivity contribution >= 4 is 35.0 Å². The lowest BCUT2D eigenvalue weighted by Gasteiger charge is -2.21. The van der Waals surface area contributed by atoms with Crippen LogP contribution in [0.5, 0.6) is 0 Å². The fraction of sp³-hybridized carbons (Fsp3) is 0.278. The molecule has 24 heavy (non-hydrogen) atoms. The Labute approximate surface area is 149 Å². The summed E-state index contributed by atoms with van der Waals surface area (Å²) >= 11 is 6.38. The molecule has 6 heteroatoms. The third-order valence-electron chi connectivity index (χ3n) is 3.53. The Balaban J connectivity index is 2.12. The van der Waals surface area contributed by atoms with Crippen LogP contribution >= 0.6 is 23.4 Å². The Morgan fingerprint density at radius 1 is 1.04 bits per heavy atom. The molecule has 1 amide bonds. The van der Waals surface area contributed by atoms with E-state index in [9.17, 15) is 13.6 Å². The van der Waals surface area contributed by atoms with Crippen LogP contribution < -0.4 is 5.32 Å². The first-order chi connectivity index (χ1) is 11.4. The Morgan fingerprint density at radius 3 is 2.12 bits per heavy atom. The van der Waals surface area contributed by atoms with Gasteiger partial charge in [-0.05, 0) is 47.9 Å². The molecule has 128 valence electrons. The molecule has 2 aromatic carbocycles. The minimum absolute atomic E-state index is 0.0971. The standard InChI is InChI=1S/C18H18ClF2NOS/c1-11(2)16(12-3-5-13(19)6-4-12)17(23)22-14-7-9-15(10-8-14)24-18(20)21/h3-11,16,18H,1-2H3,(H,22,23)/t16-/m0/s1. The van der Waals surface area contributed by atoms with E-state index in [1.807, 2.05) is 26.0 Å². The highest BCUT2D eigenvalue weighted by Crippen LogP contribution is 2.29. The van der Waals surface area contributed by atoms with Crippen LogP contribution in [0.2, 0.25) is 5.02 Å². The molecule has 0 fully saturated rings. The number of amides is 1. The van der Waals surface area contributed by atoms with Gasteiger partial charge in [0.1, 0.15) is 0 Å². The van der Waals surface area contributed by atoms with Crippen molar-refractivity contribution in [1.82, 2.24) is 0 Å². The SMILES string of the molecule is CC(C)[C@H](C(=O)Nc1ccc(SC(F)F)cc1)c1ccc(Cl)cc1. The predicted octanol–water partition coefficient (Wildman–Crippen LogP) is 6.03. The maximum atomic E-state index is 12.6. The number of carbonyl (C=O) groups excluding carboxylic acids is 1. The van der Waals surface area contributed by atoms with Crippen LogP contribution in [0.4, 0.5) is 14.5 Å². The van der Waals surface area contributed by atoms with Gasteiger partial charge >= 0.3 is 0 Å². The van der Waals surface area contributed by atoms with Gasteiger partial charge in [0, 0.05) is 15.6 Å². The largest absolute Gasteiger partial charge is 0.326 e. The first kappa shape index (κ1) is 18.7. The van der Waals surface area contributed by atoms with Crippen LogP contribution in [0.15, 0.2) is 53.4 Å². The fourth-order valence-electron chi connectivity index (χ4n) is 2.45. The highest BCUT2D eigenvalue weighted by Gasteiger charge is 2.24. The lowest BCUT2D eigenvalue weighted by Crippen LogP contribution is -2.25. The summed E-state index contributed by atoms with van der Waals surface area (Å²) in [6.45, 7) is 3.95. The van der Waals surface area contributed by atoms with Crippen LogP contribution in [0, 0.1) is 5.92 Å². The van der Waals surface area contributed by atoms with Crippen molar-refractivity contribution in [3.05, 3.63) is 59.1 Å². The van der Waals surface area contributed by atoms with E-state index >= 15 is 0 Å². The molecule has 0 aliphatic rings. The molecule has 1 atom stereocenters. The molecule has 0 heterocycles. The quantitative estimate of drug-likeness (QED) is 0.629. The molecule has 0 aliphatic carbocycles. The van der Waals surface area contributed by atoms with Crippen molar-refractivity contribution in [2.75, 3.05) is 5.32 Å². The zero-order chi connectivity index (χ0) is 17.7. The van der Waals surface area contributed by atoms with Gasteiger partial charge in [-0.25, -0.2) is 0 Å². The summed E-state index contributed by atoms with van der Waals surface area (Å²) in [5.74, 6) is -2.82. The molecular formula is C18H18ClF2NOS. The van der Waals surface area contributed by atoms with E-state index in [-0.39, 0.29) is 17.7 Å². The van der Waals surface area contributed by atoms with Gasteiger partial charge in [-0.15, -0.1) is 0 Å². The van der Waals surface area contributed by atoms with E-state index in [0.29, 0.717) is 27.4 Å². The first-order valence-electron chi connectivity index (χ1n) is 7.48. The highest BCUT2D eigenvalue weighted by molar-refractivity contribution is 7.99. The van der Waals surface area contributed by atoms with Gasteiger partial charge in [-0.2, -0.15) is 8.78 Å². The van der Waals surface area contributed by atoms with Crippen LogP contribution in [0.1, 0.15) is 25.3 Å². The van der Waals surface area contributed by atoms with Crippen LogP contribution in [0.25, 0.3) is 0 Å². The van der Waals surface area contributed by atoms with Gasteiger partial charge in [0.15, 0.2) is 0 Å². The van der Waals surface area contributed by atoms with Crippen molar-refractivity contribution in [2.45, 2.75) is 30.4 Å². The third kappa shape index (κ3) is 5.21. The van der Waals surface area contributed by atoms with Crippen molar-refractivity contribution < 1.29 is 13.6 Å². The number of carbonyl (C=O) groups is 1. The molecule has 0 aliphatic heterocycles. The molecule has 0 saturated heterocycles. The number of alkyl halides is 2. The number of thioether (sulfide) groups is 1. The third-order valence-corrected chi connectivity index (χ3v) is 4.50. The molecule has 2 aromatic rings. The van der Waals surface area contributed by atoms with Crippen molar-refractivity contribution in [1.29, 1.82) is 0 Å². The van der Waals surface area contributed by atoms with Crippen LogP contribution in [-0.4, -0.2) is 11.7 Å². The van der Waals surface area contributed by atoms with Crippen molar-refractivity contribution in [2.24, 2.45) is 5.92 Å². The number of benzene rings is 2. The van der Waals surface area contributed by atoms with E-state index < -0.39 is 5.76 Å². The van der Waals surface area contributed by atoms with E-state index in [4.69, 9.17) is 11.6 Å². The zero-order valence-electron chi connectivity index (χ0n) is 13.3. The number of hydrogen-bond acceptors (Lipinski definition) is 2. The van der Waals surface area contributed by atoms with E-state index in [0.717, 1.165) is 5.56 Å². The average molecular weight is 370 g/mol. The zero-order valence-corrected chi connectivity index (χ0v) is 14.9. The van der Waals surface area contributed by atoms with Gasteiger partial charge in [-0.3, -0.25) is 4.79 Å². The summed E-state index contributed by atoms with van der Waals surface area (Å²) in [6.07, 6.45) is 0. The number of anilines is 1. The van der Waals surface area contributed by atoms with Gasteiger partial charge in [0.2, 0.25) is 5.91 Å². The molecule has 2 nitrogen and oxygen atoms in total. The summed E-state index contributed by atoms with van der Waals surface area (Å²) in [6, 6.07) is 13.6. The minimum Gasteiger partial charge on any atom is -0.326 e. The Hall–Kier alpha value is -1.59. The summed E-state index contributed by atoms with van der Waals surface area (Å²) in [5.41, 5.74) is 1.47. The van der Waals surface area contributed by atoms with Crippen LogP contribution in [0.3, 0.4) is 0 Å². The maximum Gasteiger partial charge on any atom is 0.288 e. The summed E-state index contributed by atoms with van der Waals surface area (Å²) in [4.78, 5) is 13.1. The smallest absolute Gasteiger partial charge is 0.288 e. The monoisotopic (exact) mass is 369 g/mol. The normalized spacial score (nSPS) is 12.5. The molecule has 0 unspecified atom stereocenters. The number of halogens is 3. The number of hydrogen-bond donors (Lipinski definition) is 1. The summed E-state index contributed by atoms with van der Waals surface area (Å²) in [5, 5.41) is 3.47. The van der Waals surface area contributed by atoms with E-state index in [1.54, 1.807) is 36.4 Å². The molecule has 2 rings (SSSR count). The van der Waals surface area contributed by atoms with Gasteiger partial charge in [0.25, 0.3) is 5.76 Å². The van der Waals surface area contributed by atoms with Crippen molar-refractivity contribution in [3.8, 4) is 0 Å². The molecule has 0 saturated carbocycles. The average Bonchev–Trinajstić information content (AvgIpc) is 2.50. The maximum absolute atomic E-state index is 12.6. The second-order valence-corrected chi connectivity index (χ2v) is 7.17. The van der Waals surface area contributed by atoms with Gasteiger partial charge < -0.3 is 5.32 Å². The number of nitrogens with one attached hydrogen (secondary N) is 1. The predicted molar refractivity (Wildman–Crippen MR) is 96.0 cm³/mol. The fourth-order valence-corrected chi connectivity index (χ4v) is 3.07.